The summed E-state index contributed by atoms with van der Waals surface area (Å²) in [4.78, 5) is 14.3. The standard InChI is InChI=1S/C19H29N3O3S/c1-4-19(2,3)15-6-8-16(9-7-15)20-18(23)14-5-10-17-21-26(24,25)12-11-22(17)13-14/h5,10,13,15-16H,4,6-9,11-12H2,1-3H3,(H,20,23). The second kappa shape index (κ2) is 7.18. The van der Waals surface area contributed by atoms with Crippen LogP contribution in [0.15, 0.2) is 28.3 Å². The first-order valence-electron chi connectivity index (χ1n) is 9.50. The van der Waals surface area contributed by atoms with E-state index in [0.717, 1.165) is 31.6 Å². The average molecular weight is 380 g/mol. The lowest BCUT2D eigenvalue weighted by Crippen LogP contribution is -2.42. The van der Waals surface area contributed by atoms with Gasteiger partial charge in [0.25, 0.3) is 15.9 Å². The number of rotatable bonds is 4. The van der Waals surface area contributed by atoms with Gasteiger partial charge in [-0.25, -0.2) is 8.42 Å². The van der Waals surface area contributed by atoms with Crippen LogP contribution in [-0.4, -0.2) is 43.4 Å². The molecule has 26 heavy (non-hydrogen) atoms. The van der Waals surface area contributed by atoms with Gasteiger partial charge in [-0.1, -0.05) is 27.2 Å². The molecular formula is C19H29N3O3S. The molecule has 0 aromatic rings. The molecule has 1 fully saturated rings. The topological polar surface area (TPSA) is 78.8 Å². The summed E-state index contributed by atoms with van der Waals surface area (Å²) in [5.74, 6) is 0.998. The lowest BCUT2D eigenvalue weighted by molar-refractivity contribution is -0.118. The Hall–Kier alpha value is -1.63. The second-order valence-corrected chi connectivity index (χ2v) is 9.97. The number of hydrogen-bond acceptors (Lipinski definition) is 4. The first kappa shape index (κ1) is 19.1. The van der Waals surface area contributed by atoms with E-state index < -0.39 is 10.0 Å². The zero-order chi connectivity index (χ0) is 18.9. The van der Waals surface area contributed by atoms with Crippen molar-refractivity contribution >= 4 is 21.8 Å². The van der Waals surface area contributed by atoms with Crippen LogP contribution in [-0.2, 0) is 14.8 Å². The van der Waals surface area contributed by atoms with E-state index in [-0.39, 0.29) is 17.7 Å². The molecule has 0 saturated heterocycles. The molecule has 0 unspecified atom stereocenters. The SMILES string of the molecule is CCC(C)(C)C1CCC(NC(=O)C2=CN3CCS(=O)(=O)N=C3C=C2)CC1. The normalized spacial score (nSPS) is 28.0. The Morgan fingerprint density at radius 1 is 1.27 bits per heavy atom. The van der Waals surface area contributed by atoms with Crippen LogP contribution in [0, 0.1) is 11.3 Å². The Balaban J connectivity index is 1.57. The molecule has 2 aliphatic heterocycles. The highest BCUT2D eigenvalue weighted by molar-refractivity contribution is 7.90. The number of fused-ring (bicyclic) bond motifs is 1. The Morgan fingerprint density at radius 2 is 1.96 bits per heavy atom. The van der Waals surface area contributed by atoms with Crippen LogP contribution in [0.4, 0.5) is 0 Å². The minimum absolute atomic E-state index is 0.0209. The molecule has 3 rings (SSSR count). The van der Waals surface area contributed by atoms with E-state index in [4.69, 9.17) is 0 Å². The summed E-state index contributed by atoms with van der Waals surface area (Å²) in [6.45, 7) is 7.26. The van der Waals surface area contributed by atoms with Gasteiger partial charge >= 0.3 is 0 Å². The smallest absolute Gasteiger partial charge is 0.256 e. The summed E-state index contributed by atoms with van der Waals surface area (Å²) < 4.78 is 26.8. The van der Waals surface area contributed by atoms with Gasteiger partial charge in [0.15, 0.2) is 0 Å². The number of sulfonamides is 1. The maximum atomic E-state index is 12.6. The molecule has 1 amide bonds. The Kier molecular flexibility index (Phi) is 5.28. The van der Waals surface area contributed by atoms with Gasteiger partial charge in [0, 0.05) is 18.8 Å². The molecule has 144 valence electrons. The maximum absolute atomic E-state index is 12.6. The summed E-state index contributed by atoms with van der Waals surface area (Å²) >= 11 is 0. The zero-order valence-electron chi connectivity index (χ0n) is 15.9. The number of nitrogens with one attached hydrogen (secondary N) is 1. The van der Waals surface area contributed by atoms with E-state index in [1.807, 2.05) is 0 Å². The number of amides is 1. The number of carbonyl (C=O) groups excluding carboxylic acids is 1. The predicted molar refractivity (Wildman–Crippen MR) is 103 cm³/mol. The monoisotopic (exact) mass is 379 g/mol. The molecular weight excluding hydrogens is 350 g/mol. The minimum atomic E-state index is -3.37. The third kappa shape index (κ3) is 4.19. The van der Waals surface area contributed by atoms with Crippen molar-refractivity contribution in [1.29, 1.82) is 0 Å². The molecule has 0 aromatic carbocycles. The first-order valence-corrected chi connectivity index (χ1v) is 11.1. The molecule has 0 radical (unpaired) electrons. The van der Waals surface area contributed by atoms with Crippen molar-refractivity contribution < 1.29 is 13.2 Å². The summed E-state index contributed by atoms with van der Waals surface area (Å²) in [5.41, 5.74) is 0.924. The van der Waals surface area contributed by atoms with E-state index >= 15 is 0 Å². The molecule has 1 N–H and O–H groups in total. The van der Waals surface area contributed by atoms with Gasteiger partial charge in [0.1, 0.15) is 5.84 Å². The summed E-state index contributed by atoms with van der Waals surface area (Å²) in [6, 6.07) is 0.220. The van der Waals surface area contributed by atoms with Crippen molar-refractivity contribution in [1.82, 2.24) is 10.2 Å². The molecule has 1 aliphatic carbocycles. The van der Waals surface area contributed by atoms with Crippen molar-refractivity contribution in [3.8, 4) is 0 Å². The van der Waals surface area contributed by atoms with Gasteiger partial charge in [-0.15, -0.1) is 4.40 Å². The van der Waals surface area contributed by atoms with E-state index in [0.29, 0.717) is 23.4 Å². The van der Waals surface area contributed by atoms with Crippen molar-refractivity contribution in [3.05, 3.63) is 23.9 Å². The van der Waals surface area contributed by atoms with Gasteiger partial charge in [0.05, 0.1) is 11.3 Å². The van der Waals surface area contributed by atoms with E-state index in [2.05, 4.69) is 30.5 Å². The van der Waals surface area contributed by atoms with E-state index in [1.165, 1.54) is 6.42 Å². The fourth-order valence-corrected chi connectivity index (χ4v) is 4.88. The molecule has 0 bridgehead atoms. The Morgan fingerprint density at radius 3 is 2.62 bits per heavy atom. The number of amidine groups is 1. The summed E-state index contributed by atoms with van der Waals surface area (Å²) in [6.07, 6.45) is 10.5. The van der Waals surface area contributed by atoms with E-state index in [1.54, 1.807) is 23.3 Å². The molecule has 0 spiro atoms. The van der Waals surface area contributed by atoms with Crippen LogP contribution in [0.3, 0.4) is 0 Å². The molecule has 0 aromatic heterocycles. The summed E-state index contributed by atoms with van der Waals surface area (Å²) in [7, 11) is -3.37. The van der Waals surface area contributed by atoms with Crippen LogP contribution in [0.25, 0.3) is 0 Å². The zero-order valence-corrected chi connectivity index (χ0v) is 16.7. The van der Waals surface area contributed by atoms with Crippen LogP contribution < -0.4 is 5.32 Å². The summed E-state index contributed by atoms with van der Waals surface area (Å²) in [5, 5.41) is 3.15. The molecule has 1 saturated carbocycles. The fraction of sp³-hybridized carbons (Fsp3) is 0.684. The van der Waals surface area contributed by atoms with E-state index in [9.17, 15) is 13.2 Å². The third-order valence-electron chi connectivity index (χ3n) is 6.16. The van der Waals surface area contributed by atoms with Crippen molar-refractivity contribution in [2.75, 3.05) is 12.3 Å². The number of hydrogen-bond donors (Lipinski definition) is 1. The number of carbonyl (C=O) groups is 1. The first-order chi connectivity index (χ1) is 12.2. The van der Waals surface area contributed by atoms with Crippen LogP contribution in [0.2, 0.25) is 0 Å². The molecule has 2 heterocycles. The molecule has 0 atom stereocenters. The molecule has 7 heteroatoms. The highest BCUT2D eigenvalue weighted by Crippen LogP contribution is 2.40. The average Bonchev–Trinajstić information content (AvgIpc) is 2.61. The quantitative estimate of drug-likeness (QED) is 0.814. The lowest BCUT2D eigenvalue weighted by atomic mass is 9.69. The maximum Gasteiger partial charge on any atom is 0.256 e. The van der Waals surface area contributed by atoms with Crippen molar-refractivity contribution in [2.24, 2.45) is 15.7 Å². The van der Waals surface area contributed by atoms with Gasteiger partial charge in [-0.2, -0.15) is 0 Å². The van der Waals surface area contributed by atoms with Gasteiger partial charge in [-0.05, 0) is 49.2 Å². The molecule has 6 nitrogen and oxygen atoms in total. The largest absolute Gasteiger partial charge is 0.349 e. The predicted octanol–water partition coefficient (Wildman–Crippen LogP) is 2.60. The lowest BCUT2D eigenvalue weighted by Gasteiger charge is -2.39. The molecule has 3 aliphatic rings. The highest BCUT2D eigenvalue weighted by atomic mass is 32.2. The van der Waals surface area contributed by atoms with Gasteiger partial charge < -0.3 is 10.2 Å². The second-order valence-electron chi connectivity index (χ2n) is 8.21. The van der Waals surface area contributed by atoms with Crippen LogP contribution in [0.1, 0.15) is 52.9 Å². The highest BCUT2D eigenvalue weighted by Gasteiger charge is 2.32. The number of nitrogens with zero attached hydrogens (tertiary/aromatic N) is 2. The third-order valence-corrected chi connectivity index (χ3v) is 7.33. The van der Waals surface area contributed by atoms with Crippen LogP contribution in [0.5, 0.6) is 0 Å². The van der Waals surface area contributed by atoms with Crippen molar-refractivity contribution in [3.63, 3.8) is 0 Å². The van der Waals surface area contributed by atoms with Crippen molar-refractivity contribution in [2.45, 2.75) is 58.9 Å². The van der Waals surface area contributed by atoms with Crippen LogP contribution >= 0.6 is 0 Å². The fourth-order valence-electron chi connectivity index (χ4n) is 3.91. The van der Waals surface area contributed by atoms with Gasteiger partial charge in [0.2, 0.25) is 0 Å². The Labute approximate surface area is 156 Å². The van der Waals surface area contributed by atoms with Gasteiger partial charge in [-0.3, -0.25) is 4.79 Å². The minimum Gasteiger partial charge on any atom is -0.349 e. The Bertz CT molecular complexity index is 757.